The number of carboxylic acids is 1. The van der Waals surface area contributed by atoms with Gasteiger partial charge in [-0.25, -0.2) is 0 Å². The summed E-state index contributed by atoms with van der Waals surface area (Å²) < 4.78 is 10.6. The van der Waals surface area contributed by atoms with E-state index >= 15 is 0 Å². The van der Waals surface area contributed by atoms with Crippen LogP contribution in [-0.2, 0) is 16.1 Å². The number of ether oxygens (including phenoxy) is 2. The van der Waals surface area contributed by atoms with Gasteiger partial charge in [0, 0.05) is 24.4 Å². The highest BCUT2D eigenvalue weighted by atomic mass is 35.5. The third kappa shape index (κ3) is 5.61. The summed E-state index contributed by atoms with van der Waals surface area (Å²) in [5, 5.41) is 14.4. The van der Waals surface area contributed by atoms with E-state index in [0.29, 0.717) is 22.2 Å². The number of carbonyl (C=O) groups is 3. The average molecular weight is 419 g/mol. The minimum atomic E-state index is -0.965. The van der Waals surface area contributed by atoms with Crippen LogP contribution in [0.1, 0.15) is 35.2 Å². The Morgan fingerprint density at radius 2 is 1.83 bits per heavy atom. The van der Waals surface area contributed by atoms with Gasteiger partial charge in [0.25, 0.3) is 5.91 Å². The van der Waals surface area contributed by atoms with Gasteiger partial charge in [0.05, 0.1) is 11.3 Å². The van der Waals surface area contributed by atoms with E-state index in [-0.39, 0.29) is 44.1 Å². The first-order chi connectivity index (χ1) is 13.9. The van der Waals surface area contributed by atoms with Gasteiger partial charge in [-0.2, -0.15) is 0 Å². The Kier molecular flexibility index (Phi) is 6.56. The Morgan fingerprint density at radius 1 is 1.03 bits per heavy atom. The monoisotopic (exact) mass is 418 g/mol. The summed E-state index contributed by atoms with van der Waals surface area (Å²) >= 11 is 6.01. The first kappa shape index (κ1) is 20.5. The van der Waals surface area contributed by atoms with E-state index in [4.69, 9.17) is 26.2 Å². The lowest BCUT2D eigenvalue weighted by atomic mass is 10.1. The number of aliphatic carboxylic acids is 1. The van der Waals surface area contributed by atoms with Gasteiger partial charge in [-0.3, -0.25) is 14.4 Å². The fourth-order valence-corrected chi connectivity index (χ4v) is 2.93. The maximum atomic E-state index is 12.7. The number of carboxylic acid groups (broad SMARTS) is 1. The highest BCUT2D eigenvalue weighted by molar-refractivity contribution is 6.31. The molecule has 29 heavy (non-hydrogen) atoms. The Labute approximate surface area is 171 Å². The fraction of sp³-hybridized carbons (Fsp3) is 0.250. The molecule has 3 rings (SSSR count). The molecule has 0 spiro atoms. The van der Waals surface area contributed by atoms with Crippen LogP contribution in [0.3, 0.4) is 0 Å². The number of anilines is 1. The smallest absolute Gasteiger partial charge is 0.303 e. The number of halogens is 1. The molecule has 9 heteroatoms. The van der Waals surface area contributed by atoms with Crippen molar-refractivity contribution in [2.45, 2.75) is 25.8 Å². The topological polar surface area (TPSA) is 114 Å². The van der Waals surface area contributed by atoms with Crippen LogP contribution in [0.4, 0.5) is 5.69 Å². The molecular weight excluding hydrogens is 400 g/mol. The summed E-state index contributed by atoms with van der Waals surface area (Å²) in [6.07, 6.45) is 0.143. The van der Waals surface area contributed by atoms with Crippen molar-refractivity contribution in [2.24, 2.45) is 0 Å². The van der Waals surface area contributed by atoms with Crippen LogP contribution < -0.4 is 20.1 Å². The molecule has 0 unspecified atom stereocenters. The van der Waals surface area contributed by atoms with Crippen molar-refractivity contribution in [1.29, 1.82) is 0 Å². The standard InChI is InChI=1S/C20H19ClN2O6/c21-13-5-6-15(23-18(24)2-1-3-19(25)26)14(9-13)20(27)22-10-12-4-7-16-17(8-12)29-11-28-16/h4-9H,1-3,10-11H2,(H,22,27)(H,23,24)(H,25,26). The molecule has 2 aromatic carbocycles. The number of rotatable bonds is 8. The molecule has 0 saturated carbocycles. The van der Waals surface area contributed by atoms with E-state index in [1.807, 2.05) is 6.07 Å². The zero-order valence-electron chi connectivity index (χ0n) is 15.4. The van der Waals surface area contributed by atoms with E-state index in [2.05, 4.69) is 10.6 Å². The van der Waals surface area contributed by atoms with Gasteiger partial charge in [-0.1, -0.05) is 17.7 Å². The van der Waals surface area contributed by atoms with Crippen molar-refractivity contribution in [2.75, 3.05) is 12.1 Å². The average Bonchev–Trinajstić information content (AvgIpc) is 3.15. The number of nitrogens with one attached hydrogen (secondary N) is 2. The molecule has 0 aromatic heterocycles. The third-order valence-electron chi connectivity index (χ3n) is 4.18. The molecule has 0 fully saturated rings. The van der Waals surface area contributed by atoms with Crippen molar-refractivity contribution < 1.29 is 29.0 Å². The largest absolute Gasteiger partial charge is 0.481 e. The highest BCUT2D eigenvalue weighted by Crippen LogP contribution is 2.32. The van der Waals surface area contributed by atoms with Crippen molar-refractivity contribution in [3.63, 3.8) is 0 Å². The molecule has 152 valence electrons. The summed E-state index contributed by atoms with van der Waals surface area (Å²) in [7, 11) is 0. The van der Waals surface area contributed by atoms with Crippen molar-refractivity contribution in [3.05, 3.63) is 52.5 Å². The first-order valence-corrected chi connectivity index (χ1v) is 9.28. The van der Waals surface area contributed by atoms with Gasteiger partial charge in [-0.15, -0.1) is 0 Å². The fourth-order valence-electron chi connectivity index (χ4n) is 2.75. The Bertz CT molecular complexity index is 947. The molecule has 0 saturated heterocycles. The van der Waals surface area contributed by atoms with Gasteiger partial charge in [0.1, 0.15) is 0 Å². The zero-order chi connectivity index (χ0) is 20.8. The van der Waals surface area contributed by atoms with Gasteiger partial charge >= 0.3 is 5.97 Å². The SMILES string of the molecule is O=C(O)CCCC(=O)Nc1ccc(Cl)cc1C(=O)NCc1ccc2c(c1)OCO2. The molecule has 1 heterocycles. The lowest BCUT2D eigenvalue weighted by Crippen LogP contribution is -2.25. The molecule has 0 radical (unpaired) electrons. The number of hydrogen-bond acceptors (Lipinski definition) is 5. The van der Waals surface area contributed by atoms with Gasteiger partial charge in [-0.05, 0) is 42.3 Å². The molecule has 0 bridgehead atoms. The minimum Gasteiger partial charge on any atom is -0.481 e. The molecule has 2 aromatic rings. The normalized spacial score (nSPS) is 11.8. The predicted molar refractivity (Wildman–Crippen MR) is 105 cm³/mol. The lowest BCUT2D eigenvalue weighted by Gasteiger charge is -2.12. The summed E-state index contributed by atoms with van der Waals surface area (Å²) in [6.45, 7) is 0.414. The van der Waals surface area contributed by atoms with Crippen LogP contribution in [0, 0.1) is 0 Å². The van der Waals surface area contributed by atoms with Crippen molar-refractivity contribution >= 4 is 35.1 Å². The van der Waals surface area contributed by atoms with Crippen LogP contribution in [0.25, 0.3) is 0 Å². The van der Waals surface area contributed by atoms with E-state index in [1.165, 1.54) is 12.1 Å². The number of carbonyl (C=O) groups excluding carboxylic acids is 2. The first-order valence-electron chi connectivity index (χ1n) is 8.90. The van der Waals surface area contributed by atoms with Crippen molar-refractivity contribution in [1.82, 2.24) is 5.32 Å². The Morgan fingerprint density at radius 3 is 2.62 bits per heavy atom. The van der Waals surface area contributed by atoms with Crippen LogP contribution in [0.5, 0.6) is 11.5 Å². The third-order valence-corrected chi connectivity index (χ3v) is 4.42. The van der Waals surface area contributed by atoms with Crippen LogP contribution in [0.2, 0.25) is 5.02 Å². The van der Waals surface area contributed by atoms with Gasteiger partial charge < -0.3 is 25.2 Å². The molecule has 3 N–H and O–H groups in total. The highest BCUT2D eigenvalue weighted by Gasteiger charge is 2.16. The lowest BCUT2D eigenvalue weighted by molar-refractivity contribution is -0.137. The van der Waals surface area contributed by atoms with Crippen molar-refractivity contribution in [3.8, 4) is 11.5 Å². The van der Waals surface area contributed by atoms with E-state index < -0.39 is 11.9 Å². The van der Waals surface area contributed by atoms with Crippen LogP contribution in [0.15, 0.2) is 36.4 Å². The molecule has 2 amide bonds. The predicted octanol–water partition coefficient (Wildman–Crippen LogP) is 3.19. The number of amides is 2. The maximum Gasteiger partial charge on any atom is 0.303 e. The second-order valence-corrected chi connectivity index (χ2v) is 6.79. The zero-order valence-corrected chi connectivity index (χ0v) is 16.1. The second kappa shape index (κ2) is 9.29. The van der Waals surface area contributed by atoms with Crippen LogP contribution in [-0.4, -0.2) is 29.7 Å². The van der Waals surface area contributed by atoms with E-state index in [0.717, 1.165) is 5.56 Å². The number of benzene rings is 2. The summed E-state index contributed by atoms with van der Waals surface area (Å²) in [5.41, 5.74) is 1.34. The van der Waals surface area contributed by atoms with Gasteiger partial charge in [0.2, 0.25) is 12.7 Å². The molecule has 1 aliphatic heterocycles. The quantitative estimate of drug-likeness (QED) is 0.606. The molecule has 8 nitrogen and oxygen atoms in total. The maximum absolute atomic E-state index is 12.7. The number of hydrogen-bond donors (Lipinski definition) is 3. The van der Waals surface area contributed by atoms with Crippen LogP contribution >= 0.6 is 11.6 Å². The summed E-state index contributed by atoms with van der Waals surface area (Å²) in [4.78, 5) is 35.3. The molecule has 0 aliphatic carbocycles. The number of fused-ring (bicyclic) bond motifs is 1. The van der Waals surface area contributed by atoms with E-state index in [1.54, 1.807) is 18.2 Å². The minimum absolute atomic E-state index is 0.0349. The molecular formula is C20H19ClN2O6. The second-order valence-electron chi connectivity index (χ2n) is 6.36. The van der Waals surface area contributed by atoms with Gasteiger partial charge in [0.15, 0.2) is 11.5 Å². The molecule has 1 aliphatic rings. The van der Waals surface area contributed by atoms with E-state index in [9.17, 15) is 14.4 Å². The molecule has 0 atom stereocenters. The Hall–Kier alpha value is -3.26. The Balaban J connectivity index is 1.64. The summed E-state index contributed by atoms with van der Waals surface area (Å²) in [5.74, 6) is -0.478. The summed E-state index contributed by atoms with van der Waals surface area (Å²) in [6, 6.07) is 9.92.